The summed E-state index contributed by atoms with van der Waals surface area (Å²) in [5, 5.41) is 6.76. The van der Waals surface area contributed by atoms with E-state index < -0.39 is 0 Å². The molecule has 2 rings (SSSR count). The number of nitrogens with zero attached hydrogens (tertiary/aromatic N) is 2. The lowest BCUT2D eigenvalue weighted by Gasteiger charge is -2.32. The predicted molar refractivity (Wildman–Crippen MR) is 100 cm³/mol. The van der Waals surface area contributed by atoms with Crippen LogP contribution < -0.4 is 10.6 Å². The fourth-order valence-electron chi connectivity index (χ4n) is 3.17. The Kier molecular flexibility index (Phi) is 9.55. The van der Waals surface area contributed by atoms with Crippen molar-refractivity contribution in [2.45, 2.75) is 38.6 Å². The first-order valence-corrected chi connectivity index (χ1v) is 9.76. The quantitative estimate of drug-likeness (QED) is 0.380. The van der Waals surface area contributed by atoms with Gasteiger partial charge in [0.1, 0.15) is 0 Å². The van der Waals surface area contributed by atoms with Crippen LogP contribution in [0.25, 0.3) is 0 Å². The van der Waals surface area contributed by atoms with E-state index in [4.69, 9.17) is 14.2 Å². The number of amides is 1. The van der Waals surface area contributed by atoms with E-state index in [1.807, 2.05) is 0 Å². The van der Waals surface area contributed by atoms with Crippen molar-refractivity contribution in [2.75, 3.05) is 59.7 Å². The van der Waals surface area contributed by atoms with Gasteiger partial charge in [0.2, 0.25) is 0 Å². The summed E-state index contributed by atoms with van der Waals surface area (Å²) in [6.45, 7) is 8.27. The van der Waals surface area contributed by atoms with Crippen molar-refractivity contribution in [3.63, 3.8) is 0 Å². The van der Waals surface area contributed by atoms with E-state index in [9.17, 15) is 4.79 Å². The topological polar surface area (TPSA) is 84.4 Å². The van der Waals surface area contributed by atoms with Crippen LogP contribution in [0.3, 0.4) is 0 Å². The van der Waals surface area contributed by atoms with Crippen molar-refractivity contribution >= 4 is 12.1 Å². The standard InChI is InChI=1S/C18H34N4O4/c1-3-19-17(20-8-4-11-25-13-15-7-12-26-14-15)21-16-5-9-22(10-6-16)18(23)24-2/h15-16H,3-14H2,1-2H3,(H2,19,20,21). The van der Waals surface area contributed by atoms with Crippen LogP contribution in [0.5, 0.6) is 0 Å². The highest BCUT2D eigenvalue weighted by molar-refractivity contribution is 5.80. The number of hydrogen-bond acceptors (Lipinski definition) is 5. The first-order chi connectivity index (χ1) is 12.7. The van der Waals surface area contributed by atoms with Gasteiger partial charge in [0.15, 0.2) is 5.96 Å². The molecule has 2 aliphatic heterocycles. The second kappa shape index (κ2) is 12.0. The average Bonchev–Trinajstić information content (AvgIpc) is 3.18. The van der Waals surface area contributed by atoms with Gasteiger partial charge in [-0.3, -0.25) is 4.99 Å². The van der Waals surface area contributed by atoms with Crippen molar-refractivity contribution in [1.82, 2.24) is 15.5 Å². The van der Waals surface area contributed by atoms with Crippen molar-refractivity contribution < 1.29 is 19.0 Å². The zero-order chi connectivity index (χ0) is 18.6. The first kappa shape index (κ1) is 20.8. The smallest absolute Gasteiger partial charge is 0.409 e. The van der Waals surface area contributed by atoms with Crippen LogP contribution in [0.4, 0.5) is 4.79 Å². The molecular formula is C18H34N4O4. The van der Waals surface area contributed by atoms with Crippen molar-refractivity contribution in [1.29, 1.82) is 0 Å². The molecule has 1 unspecified atom stereocenters. The zero-order valence-electron chi connectivity index (χ0n) is 16.2. The zero-order valence-corrected chi connectivity index (χ0v) is 16.2. The molecule has 2 fully saturated rings. The van der Waals surface area contributed by atoms with E-state index in [0.29, 0.717) is 25.0 Å². The number of likely N-dealkylation sites (tertiary alicyclic amines) is 1. The summed E-state index contributed by atoms with van der Waals surface area (Å²) in [5.74, 6) is 1.40. The van der Waals surface area contributed by atoms with Gasteiger partial charge in [-0.1, -0.05) is 0 Å². The molecule has 26 heavy (non-hydrogen) atoms. The number of nitrogens with one attached hydrogen (secondary N) is 2. The molecule has 0 aliphatic carbocycles. The summed E-state index contributed by atoms with van der Waals surface area (Å²) in [6.07, 6.45) is 3.57. The molecule has 2 saturated heterocycles. The average molecular weight is 370 g/mol. The van der Waals surface area contributed by atoms with Gasteiger partial charge in [-0.2, -0.15) is 0 Å². The van der Waals surface area contributed by atoms with E-state index in [1.54, 1.807) is 4.90 Å². The highest BCUT2D eigenvalue weighted by atomic mass is 16.5. The van der Waals surface area contributed by atoms with Crippen molar-refractivity contribution in [2.24, 2.45) is 10.9 Å². The molecule has 0 bridgehead atoms. The van der Waals surface area contributed by atoms with Crippen LogP contribution >= 0.6 is 0 Å². The highest BCUT2D eigenvalue weighted by Crippen LogP contribution is 2.12. The SMILES string of the molecule is CCNC(=NCCCOCC1CCOC1)NC1CCN(C(=O)OC)CC1. The molecular weight excluding hydrogens is 336 g/mol. The maximum absolute atomic E-state index is 11.5. The molecule has 0 spiro atoms. The van der Waals surface area contributed by atoms with Gasteiger partial charge in [0.25, 0.3) is 0 Å². The molecule has 0 aromatic heterocycles. The predicted octanol–water partition coefficient (Wildman–Crippen LogP) is 1.22. The third-order valence-corrected chi connectivity index (χ3v) is 4.71. The molecule has 150 valence electrons. The molecule has 0 aromatic carbocycles. The number of rotatable bonds is 8. The Morgan fingerprint density at radius 2 is 2.12 bits per heavy atom. The summed E-state index contributed by atoms with van der Waals surface area (Å²) in [7, 11) is 1.42. The van der Waals surface area contributed by atoms with E-state index in [2.05, 4.69) is 22.5 Å². The molecule has 8 nitrogen and oxygen atoms in total. The van der Waals surface area contributed by atoms with Gasteiger partial charge in [-0.15, -0.1) is 0 Å². The Labute approximate surface area is 156 Å². The number of piperidine rings is 1. The van der Waals surface area contributed by atoms with E-state index in [0.717, 1.165) is 71.2 Å². The number of methoxy groups -OCH3 is 1. The Morgan fingerprint density at radius 1 is 1.31 bits per heavy atom. The van der Waals surface area contributed by atoms with Gasteiger partial charge in [-0.05, 0) is 32.6 Å². The number of aliphatic imine (C=N–C) groups is 1. The lowest BCUT2D eigenvalue weighted by Crippen LogP contribution is -2.49. The summed E-state index contributed by atoms with van der Waals surface area (Å²) in [5.41, 5.74) is 0. The fraction of sp³-hybridized carbons (Fsp3) is 0.889. The van der Waals surface area contributed by atoms with Crippen LogP contribution in [-0.2, 0) is 14.2 Å². The van der Waals surface area contributed by atoms with Gasteiger partial charge in [0.05, 0.1) is 20.3 Å². The maximum Gasteiger partial charge on any atom is 0.409 e. The summed E-state index contributed by atoms with van der Waals surface area (Å²) >= 11 is 0. The molecule has 2 N–H and O–H groups in total. The largest absolute Gasteiger partial charge is 0.453 e. The number of hydrogen-bond donors (Lipinski definition) is 2. The molecule has 2 aliphatic rings. The molecule has 2 heterocycles. The van der Waals surface area contributed by atoms with Gasteiger partial charge >= 0.3 is 6.09 Å². The van der Waals surface area contributed by atoms with E-state index in [-0.39, 0.29) is 6.09 Å². The highest BCUT2D eigenvalue weighted by Gasteiger charge is 2.23. The number of carbonyl (C=O) groups is 1. The Hall–Kier alpha value is -1.54. The fourth-order valence-corrected chi connectivity index (χ4v) is 3.17. The van der Waals surface area contributed by atoms with Gasteiger partial charge in [-0.25, -0.2) is 4.79 Å². The minimum atomic E-state index is -0.242. The summed E-state index contributed by atoms with van der Waals surface area (Å²) < 4.78 is 15.8. The summed E-state index contributed by atoms with van der Waals surface area (Å²) in [4.78, 5) is 17.9. The monoisotopic (exact) mass is 370 g/mol. The maximum atomic E-state index is 11.5. The number of guanidine groups is 1. The van der Waals surface area contributed by atoms with Gasteiger partial charge < -0.3 is 29.7 Å². The molecule has 8 heteroatoms. The minimum Gasteiger partial charge on any atom is -0.453 e. The summed E-state index contributed by atoms with van der Waals surface area (Å²) in [6, 6.07) is 0.326. The minimum absolute atomic E-state index is 0.242. The van der Waals surface area contributed by atoms with Crippen LogP contribution in [0, 0.1) is 5.92 Å². The second-order valence-electron chi connectivity index (χ2n) is 6.79. The second-order valence-corrected chi connectivity index (χ2v) is 6.79. The Morgan fingerprint density at radius 3 is 2.77 bits per heavy atom. The molecule has 0 aromatic rings. The lowest BCUT2D eigenvalue weighted by molar-refractivity contribution is 0.0893. The van der Waals surface area contributed by atoms with Crippen LogP contribution in [0.2, 0.25) is 0 Å². The van der Waals surface area contributed by atoms with Crippen LogP contribution in [-0.4, -0.2) is 82.7 Å². The van der Waals surface area contributed by atoms with Crippen LogP contribution in [0.15, 0.2) is 4.99 Å². The van der Waals surface area contributed by atoms with Gasteiger partial charge in [0, 0.05) is 51.4 Å². The van der Waals surface area contributed by atoms with E-state index in [1.165, 1.54) is 7.11 Å². The van der Waals surface area contributed by atoms with Crippen molar-refractivity contribution in [3.05, 3.63) is 0 Å². The van der Waals surface area contributed by atoms with E-state index >= 15 is 0 Å². The number of ether oxygens (including phenoxy) is 3. The molecule has 0 saturated carbocycles. The molecule has 1 amide bonds. The van der Waals surface area contributed by atoms with Crippen LogP contribution in [0.1, 0.15) is 32.6 Å². The molecule has 1 atom stereocenters. The molecule has 0 radical (unpaired) electrons. The normalized spacial score (nSPS) is 21.7. The third-order valence-electron chi connectivity index (χ3n) is 4.71. The Balaban J connectivity index is 1.62. The first-order valence-electron chi connectivity index (χ1n) is 9.76. The lowest BCUT2D eigenvalue weighted by atomic mass is 10.1. The number of carbonyl (C=O) groups excluding carboxylic acids is 1. The third kappa shape index (κ3) is 7.37. The Bertz CT molecular complexity index is 433. The van der Waals surface area contributed by atoms with Crippen molar-refractivity contribution in [3.8, 4) is 0 Å².